The third-order valence-electron chi connectivity index (χ3n) is 4.93. The van der Waals surface area contributed by atoms with E-state index in [1.54, 1.807) is 0 Å². The Kier molecular flexibility index (Phi) is 4.17. The standard InChI is InChI=1S/C22H26F3N/c1-20(2,3)14-7-9-18-16(11-14)17-12-15(21(4,5)6)8-10-19(17)26(18)13-22(23,24)25/h7-12H,13H2,1-6H3. The van der Waals surface area contributed by atoms with Crippen LogP contribution in [0.25, 0.3) is 21.8 Å². The normalized spacial score (nSPS) is 13.7. The Balaban J connectivity index is 2.38. The molecule has 0 bridgehead atoms. The fourth-order valence-corrected chi connectivity index (χ4v) is 3.39. The van der Waals surface area contributed by atoms with Gasteiger partial charge in [0.1, 0.15) is 6.54 Å². The molecule has 1 heterocycles. The van der Waals surface area contributed by atoms with Crippen molar-refractivity contribution in [2.45, 2.75) is 65.1 Å². The minimum atomic E-state index is -4.26. The van der Waals surface area contributed by atoms with Gasteiger partial charge in [0.25, 0.3) is 0 Å². The number of rotatable bonds is 1. The van der Waals surface area contributed by atoms with Crippen molar-refractivity contribution in [3.8, 4) is 0 Å². The summed E-state index contributed by atoms with van der Waals surface area (Å²) < 4.78 is 41.0. The van der Waals surface area contributed by atoms with E-state index >= 15 is 0 Å². The molecule has 2 aromatic carbocycles. The van der Waals surface area contributed by atoms with Crippen LogP contribution in [0, 0.1) is 0 Å². The molecule has 0 aliphatic heterocycles. The van der Waals surface area contributed by atoms with Crippen molar-refractivity contribution in [1.82, 2.24) is 4.57 Å². The maximum atomic E-state index is 13.2. The third-order valence-corrected chi connectivity index (χ3v) is 4.93. The highest BCUT2D eigenvalue weighted by atomic mass is 19.4. The first-order valence-electron chi connectivity index (χ1n) is 8.91. The number of benzene rings is 2. The van der Waals surface area contributed by atoms with Crippen LogP contribution in [0.1, 0.15) is 52.7 Å². The van der Waals surface area contributed by atoms with Crippen molar-refractivity contribution in [3.63, 3.8) is 0 Å². The Bertz CT molecular complexity index is 892. The van der Waals surface area contributed by atoms with E-state index in [1.807, 2.05) is 24.3 Å². The van der Waals surface area contributed by atoms with E-state index in [1.165, 1.54) is 4.57 Å². The predicted octanol–water partition coefficient (Wildman–Crippen LogP) is 6.95. The van der Waals surface area contributed by atoms with Gasteiger partial charge in [-0.2, -0.15) is 13.2 Å². The van der Waals surface area contributed by atoms with Gasteiger partial charge in [0.2, 0.25) is 0 Å². The fraction of sp³-hybridized carbons (Fsp3) is 0.455. The number of fused-ring (bicyclic) bond motifs is 3. The highest BCUT2D eigenvalue weighted by Crippen LogP contribution is 2.37. The van der Waals surface area contributed by atoms with Crippen LogP contribution in [0.2, 0.25) is 0 Å². The maximum Gasteiger partial charge on any atom is 0.406 e. The Morgan fingerprint density at radius 2 is 1.08 bits per heavy atom. The summed E-state index contributed by atoms with van der Waals surface area (Å²) in [6.07, 6.45) is -4.26. The molecule has 0 saturated carbocycles. The smallest absolute Gasteiger partial charge is 0.331 e. The number of alkyl halides is 3. The highest BCUT2D eigenvalue weighted by Gasteiger charge is 2.30. The first-order chi connectivity index (χ1) is 11.8. The van der Waals surface area contributed by atoms with Crippen LogP contribution >= 0.6 is 0 Å². The zero-order chi connectivity index (χ0) is 19.5. The minimum Gasteiger partial charge on any atom is -0.331 e. The largest absolute Gasteiger partial charge is 0.406 e. The lowest BCUT2D eigenvalue weighted by Gasteiger charge is -2.19. The van der Waals surface area contributed by atoms with Gasteiger partial charge in [-0.05, 0) is 46.2 Å². The van der Waals surface area contributed by atoms with Crippen molar-refractivity contribution < 1.29 is 13.2 Å². The third kappa shape index (κ3) is 3.46. The van der Waals surface area contributed by atoms with Gasteiger partial charge in [0.15, 0.2) is 0 Å². The molecule has 0 unspecified atom stereocenters. The van der Waals surface area contributed by atoms with E-state index in [0.717, 1.165) is 21.9 Å². The van der Waals surface area contributed by atoms with Gasteiger partial charge >= 0.3 is 6.18 Å². The van der Waals surface area contributed by atoms with Gasteiger partial charge in [-0.1, -0.05) is 53.7 Å². The first kappa shape index (κ1) is 18.8. The van der Waals surface area contributed by atoms with E-state index in [9.17, 15) is 13.2 Å². The summed E-state index contributed by atoms with van der Waals surface area (Å²) in [4.78, 5) is 0. The molecule has 0 radical (unpaired) electrons. The quantitative estimate of drug-likeness (QED) is 0.442. The van der Waals surface area contributed by atoms with Gasteiger partial charge in [-0.25, -0.2) is 0 Å². The number of halogens is 3. The summed E-state index contributed by atoms with van der Waals surface area (Å²) >= 11 is 0. The first-order valence-corrected chi connectivity index (χ1v) is 8.91. The van der Waals surface area contributed by atoms with Crippen LogP contribution in [-0.4, -0.2) is 10.7 Å². The summed E-state index contributed by atoms with van der Waals surface area (Å²) in [6, 6.07) is 11.7. The Morgan fingerprint density at radius 1 is 0.692 bits per heavy atom. The van der Waals surface area contributed by atoms with Crippen LogP contribution in [0.3, 0.4) is 0 Å². The van der Waals surface area contributed by atoms with Gasteiger partial charge in [-0.3, -0.25) is 0 Å². The van der Waals surface area contributed by atoms with Gasteiger partial charge < -0.3 is 4.57 Å². The second kappa shape index (κ2) is 5.77. The molecule has 0 saturated heterocycles. The topological polar surface area (TPSA) is 4.93 Å². The zero-order valence-corrected chi connectivity index (χ0v) is 16.3. The van der Waals surface area contributed by atoms with Crippen LogP contribution in [0.15, 0.2) is 36.4 Å². The van der Waals surface area contributed by atoms with E-state index in [4.69, 9.17) is 0 Å². The predicted molar refractivity (Wildman–Crippen MR) is 103 cm³/mol. The monoisotopic (exact) mass is 361 g/mol. The minimum absolute atomic E-state index is 0.0612. The molecule has 4 heteroatoms. The summed E-state index contributed by atoms with van der Waals surface area (Å²) in [6.45, 7) is 11.7. The summed E-state index contributed by atoms with van der Waals surface area (Å²) in [7, 11) is 0. The Labute approximate surface area is 152 Å². The molecule has 3 rings (SSSR count). The second-order valence-corrected chi connectivity index (χ2v) is 9.17. The van der Waals surface area contributed by atoms with Crippen LogP contribution in [-0.2, 0) is 17.4 Å². The van der Waals surface area contributed by atoms with Crippen molar-refractivity contribution in [3.05, 3.63) is 47.5 Å². The van der Waals surface area contributed by atoms with Gasteiger partial charge in [0, 0.05) is 21.8 Å². The SMILES string of the molecule is CC(C)(C)c1ccc2c(c1)c1cc(C(C)(C)C)ccc1n2CC(F)(F)F. The zero-order valence-electron chi connectivity index (χ0n) is 16.3. The summed E-state index contributed by atoms with van der Waals surface area (Å²) in [5.41, 5.74) is 3.39. The number of hydrogen-bond acceptors (Lipinski definition) is 0. The molecule has 0 aliphatic rings. The Morgan fingerprint density at radius 3 is 1.38 bits per heavy atom. The van der Waals surface area contributed by atoms with E-state index in [0.29, 0.717) is 11.0 Å². The number of nitrogens with zero attached hydrogens (tertiary/aromatic N) is 1. The molecule has 1 nitrogen and oxygen atoms in total. The summed E-state index contributed by atoms with van der Waals surface area (Å²) in [5, 5.41) is 1.78. The highest BCUT2D eigenvalue weighted by molar-refractivity contribution is 6.08. The maximum absolute atomic E-state index is 13.2. The van der Waals surface area contributed by atoms with Gasteiger partial charge in [-0.15, -0.1) is 0 Å². The van der Waals surface area contributed by atoms with E-state index in [2.05, 4.69) is 53.7 Å². The lowest BCUT2D eigenvalue weighted by molar-refractivity contribution is -0.139. The van der Waals surface area contributed by atoms with Crippen LogP contribution in [0.5, 0.6) is 0 Å². The average Bonchev–Trinajstić information content (AvgIpc) is 2.77. The lowest BCUT2D eigenvalue weighted by Crippen LogP contribution is -2.17. The fourth-order valence-electron chi connectivity index (χ4n) is 3.39. The molecule has 0 spiro atoms. The molecule has 3 aromatic rings. The molecule has 140 valence electrons. The molecular weight excluding hydrogens is 335 g/mol. The molecule has 0 N–H and O–H groups in total. The van der Waals surface area contributed by atoms with Gasteiger partial charge in [0.05, 0.1) is 0 Å². The summed E-state index contributed by atoms with van der Waals surface area (Å²) in [5.74, 6) is 0. The van der Waals surface area contributed by atoms with Crippen LogP contribution < -0.4 is 0 Å². The molecule has 0 fully saturated rings. The average molecular weight is 361 g/mol. The number of aromatic nitrogens is 1. The second-order valence-electron chi connectivity index (χ2n) is 9.17. The lowest BCUT2D eigenvalue weighted by atomic mass is 9.85. The molecule has 1 aromatic heterocycles. The van der Waals surface area contributed by atoms with Crippen molar-refractivity contribution in [2.75, 3.05) is 0 Å². The van der Waals surface area contributed by atoms with Crippen LogP contribution in [0.4, 0.5) is 13.2 Å². The van der Waals surface area contributed by atoms with Crippen molar-refractivity contribution in [2.24, 2.45) is 0 Å². The molecule has 26 heavy (non-hydrogen) atoms. The van der Waals surface area contributed by atoms with Crippen molar-refractivity contribution in [1.29, 1.82) is 0 Å². The molecular formula is C22H26F3N. The Hall–Kier alpha value is -1.97. The molecule has 0 atom stereocenters. The number of hydrogen-bond donors (Lipinski definition) is 0. The molecule has 0 amide bonds. The van der Waals surface area contributed by atoms with E-state index < -0.39 is 12.7 Å². The van der Waals surface area contributed by atoms with Crippen molar-refractivity contribution >= 4 is 21.8 Å². The van der Waals surface area contributed by atoms with E-state index in [-0.39, 0.29) is 10.8 Å². The molecule has 0 aliphatic carbocycles.